The molecular formula is C15H13BrClNO4. The van der Waals surface area contributed by atoms with E-state index in [-0.39, 0.29) is 11.4 Å². The number of phenolic OH excluding ortho intramolecular Hbond substituents is 1. The molecule has 0 unspecified atom stereocenters. The second kappa shape index (κ2) is 6.89. The highest BCUT2D eigenvalue weighted by molar-refractivity contribution is 9.10. The zero-order valence-electron chi connectivity index (χ0n) is 11.8. The topological polar surface area (TPSA) is 67.8 Å². The Hall–Kier alpha value is -1.92. The van der Waals surface area contributed by atoms with Gasteiger partial charge in [0.2, 0.25) is 0 Å². The lowest BCUT2D eigenvalue weighted by Crippen LogP contribution is -2.12. The molecule has 2 rings (SSSR count). The Kier molecular flexibility index (Phi) is 5.15. The number of methoxy groups -OCH3 is 2. The summed E-state index contributed by atoms with van der Waals surface area (Å²) < 4.78 is 11.0. The van der Waals surface area contributed by atoms with Crippen LogP contribution in [-0.2, 0) is 0 Å². The minimum absolute atomic E-state index is 0.0752. The van der Waals surface area contributed by atoms with Crippen molar-refractivity contribution in [3.05, 3.63) is 45.4 Å². The van der Waals surface area contributed by atoms with Crippen molar-refractivity contribution in [3.63, 3.8) is 0 Å². The molecule has 0 aliphatic carbocycles. The van der Waals surface area contributed by atoms with Crippen LogP contribution in [-0.4, -0.2) is 25.2 Å². The number of hydrogen-bond donors (Lipinski definition) is 2. The van der Waals surface area contributed by atoms with E-state index >= 15 is 0 Å². The summed E-state index contributed by atoms with van der Waals surface area (Å²) in [4.78, 5) is 12.3. The Morgan fingerprint density at radius 2 is 1.77 bits per heavy atom. The molecule has 22 heavy (non-hydrogen) atoms. The van der Waals surface area contributed by atoms with E-state index in [4.69, 9.17) is 21.1 Å². The van der Waals surface area contributed by atoms with Gasteiger partial charge in [0.1, 0.15) is 21.7 Å². The van der Waals surface area contributed by atoms with Crippen LogP contribution < -0.4 is 14.8 Å². The van der Waals surface area contributed by atoms with Crippen LogP contribution in [0.15, 0.2) is 34.8 Å². The monoisotopic (exact) mass is 385 g/mol. The molecule has 5 nitrogen and oxygen atoms in total. The van der Waals surface area contributed by atoms with E-state index in [1.807, 2.05) is 0 Å². The number of amides is 1. The molecule has 0 aliphatic heterocycles. The number of hydrogen-bond acceptors (Lipinski definition) is 4. The number of benzene rings is 2. The van der Waals surface area contributed by atoms with Gasteiger partial charge in [-0.15, -0.1) is 0 Å². The van der Waals surface area contributed by atoms with Gasteiger partial charge in [-0.3, -0.25) is 4.79 Å². The average molecular weight is 387 g/mol. The standard InChI is InChI=1S/C15H13BrClNO4/c1-21-12-5-8(6-13(22-2)14(12)16)15(20)18-10-7-9(17)3-4-11(10)19/h3-7,19H,1-2H3,(H,18,20). The molecule has 0 heterocycles. The van der Waals surface area contributed by atoms with Crippen LogP contribution in [0, 0.1) is 0 Å². The number of carbonyl (C=O) groups excluding carboxylic acids is 1. The maximum absolute atomic E-state index is 12.3. The third kappa shape index (κ3) is 3.45. The van der Waals surface area contributed by atoms with Crippen LogP contribution >= 0.6 is 27.5 Å². The fraction of sp³-hybridized carbons (Fsp3) is 0.133. The molecule has 7 heteroatoms. The maximum atomic E-state index is 12.3. The molecule has 0 saturated carbocycles. The van der Waals surface area contributed by atoms with Crippen molar-refractivity contribution in [2.75, 3.05) is 19.5 Å². The number of rotatable bonds is 4. The second-order valence-corrected chi connectivity index (χ2v) is 5.54. The molecule has 0 radical (unpaired) electrons. The van der Waals surface area contributed by atoms with Crippen molar-refractivity contribution in [2.45, 2.75) is 0 Å². The number of halogens is 2. The first kappa shape index (κ1) is 16.5. The van der Waals surface area contributed by atoms with E-state index in [9.17, 15) is 9.90 Å². The average Bonchev–Trinajstić information content (AvgIpc) is 2.51. The molecule has 0 atom stereocenters. The lowest BCUT2D eigenvalue weighted by Gasteiger charge is -2.12. The highest BCUT2D eigenvalue weighted by atomic mass is 79.9. The van der Waals surface area contributed by atoms with Crippen molar-refractivity contribution in [1.29, 1.82) is 0 Å². The first-order valence-electron chi connectivity index (χ1n) is 6.17. The molecule has 0 spiro atoms. The van der Waals surface area contributed by atoms with Gasteiger partial charge in [0, 0.05) is 10.6 Å². The van der Waals surface area contributed by atoms with Crippen molar-refractivity contribution in [3.8, 4) is 17.2 Å². The molecule has 116 valence electrons. The molecular weight excluding hydrogens is 374 g/mol. The predicted octanol–water partition coefficient (Wildman–Crippen LogP) is 4.08. The fourth-order valence-corrected chi connectivity index (χ4v) is 2.53. The zero-order valence-corrected chi connectivity index (χ0v) is 14.2. The molecule has 0 saturated heterocycles. The Bertz CT molecular complexity index is 696. The van der Waals surface area contributed by atoms with Crippen LogP contribution in [0.1, 0.15) is 10.4 Å². The van der Waals surface area contributed by atoms with Crippen LogP contribution in [0.25, 0.3) is 0 Å². The highest BCUT2D eigenvalue weighted by Crippen LogP contribution is 2.36. The molecule has 2 aromatic carbocycles. The van der Waals surface area contributed by atoms with Crippen molar-refractivity contribution in [1.82, 2.24) is 0 Å². The van der Waals surface area contributed by atoms with Gasteiger partial charge >= 0.3 is 0 Å². The zero-order chi connectivity index (χ0) is 16.3. The van der Waals surface area contributed by atoms with Gasteiger partial charge in [0.15, 0.2) is 0 Å². The lowest BCUT2D eigenvalue weighted by atomic mass is 10.1. The minimum Gasteiger partial charge on any atom is -0.506 e. The quantitative estimate of drug-likeness (QED) is 0.777. The molecule has 0 aliphatic rings. The number of ether oxygens (including phenoxy) is 2. The van der Waals surface area contributed by atoms with Crippen LogP contribution in [0.4, 0.5) is 5.69 Å². The SMILES string of the molecule is COc1cc(C(=O)Nc2cc(Cl)ccc2O)cc(OC)c1Br. The van der Waals surface area contributed by atoms with E-state index in [0.29, 0.717) is 26.6 Å². The molecule has 0 aromatic heterocycles. The van der Waals surface area contributed by atoms with E-state index in [1.54, 1.807) is 12.1 Å². The van der Waals surface area contributed by atoms with E-state index in [2.05, 4.69) is 21.2 Å². The maximum Gasteiger partial charge on any atom is 0.256 e. The molecule has 2 aromatic rings. The summed E-state index contributed by atoms with van der Waals surface area (Å²) in [6.07, 6.45) is 0. The number of phenols is 1. The first-order chi connectivity index (χ1) is 10.5. The van der Waals surface area contributed by atoms with Gasteiger partial charge in [0.25, 0.3) is 5.91 Å². The lowest BCUT2D eigenvalue weighted by molar-refractivity contribution is 0.102. The summed E-state index contributed by atoms with van der Waals surface area (Å²) in [5.74, 6) is 0.412. The normalized spacial score (nSPS) is 10.2. The van der Waals surface area contributed by atoms with E-state index in [0.717, 1.165) is 0 Å². The Morgan fingerprint density at radius 3 is 2.32 bits per heavy atom. The predicted molar refractivity (Wildman–Crippen MR) is 88.3 cm³/mol. The second-order valence-electron chi connectivity index (χ2n) is 4.31. The van der Waals surface area contributed by atoms with Crippen molar-refractivity contribution >= 4 is 39.1 Å². The van der Waals surface area contributed by atoms with Gasteiger partial charge < -0.3 is 19.9 Å². The minimum atomic E-state index is -0.429. The Labute approximate surface area is 140 Å². The molecule has 1 amide bonds. The summed E-state index contributed by atoms with van der Waals surface area (Å²) in [5, 5.41) is 12.7. The van der Waals surface area contributed by atoms with Gasteiger partial charge in [-0.2, -0.15) is 0 Å². The van der Waals surface area contributed by atoms with E-state index in [1.165, 1.54) is 32.4 Å². The van der Waals surface area contributed by atoms with Crippen molar-refractivity contribution in [2.24, 2.45) is 0 Å². The van der Waals surface area contributed by atoms with Gasteiger partial charge in [-0.05, 0) is 46.3 Å². The summed E-state index contributed by atoms with van der Waals surface area (Å²) in [6, 6.07) is 7.51. The molecule has 0 bridgehead atoms. The van der Waals surface area contributed by atoms with Crippen LogP contribution in [0.2, 0.25) is 5.02 Å². The fourth-order valence-electron chi connectivity index (χ4n) is 1.80. The first-order valence-corrected chi connectivity index (χ1v) is 7.34. The van der Waals surface area contributed by atoms with Gasteiger partial charge in [0.05, 0.1) is 19.9 Å². The third-order valence-corrected chi connectivity index (χ3v) is 3.93. The van der Waals surface area contributed by atoms with Crippen LogP contribution in [0.3, 0.4) is 0 Å². The summed E-state index contributed by atoms with van der Waals surface area (Å²) in [5.41, 5.74) is 0.537. The summed E-state index contributed by atoms with van der Waals surface area (Å²) >= 11 is 9.19. The number of carbonyl (C=O) groups is 1. The largest absolute Gasteiger partial charge is 0.506 e. The Balaban J connectivity index is 2.35. The number of aromatic hydroxyl groups is 1. The summed E-state index contributed by atoms with van der Waals surface area (Å²) in [6.45, 7) is 0. The third-order valence-electron chi connectivity index (χ3n) is 2.91. The van der Waals surface area contributed by atoms with E-state index < -0.39 is 5.91 Å². The number of nitrogens with one attached hydrogen (secondary N) is 1. The Morgan fingerprint density at radius 1 is 1.18 bits per heavy atom. The molecule has 2 N–H and O–H groups in total. The smallest absolute Gasteiger partial charge is 0.256 e. The van der Waals surface area contributed by atoms with Gasteiger partial charge in [-0.1, -0.05) is 11.6 Å². The van der Waals surface area contributed by atoms with Gasteiger partial charge in [-0.25, -0.2) is 0 Å². The highest BCUT2D eigenvalue weighted by Gasteiger charge is 2.16. The molecule has 0 fully saturated rings. The number of anilines is 1. The van der Waals surface area contributed by atoms with Crippen LogP contribution in [0.5, 0.6) is 17.2 Å². The summed E-state index contributed by atoms with van der Waals surface area (Å²) in [7, 11) is 2.98. The van der Waals surface area contributed by atoms with Crippen molar-refractivity contribution < 1.29 is 19.4 Å².